The van der Waals surface area contributed by atoms with E-state index in [9.17, 15) is 26.9 Å². The minimum atomic E-state index is -4.27. The molecule has 5 heterocycles. The fourth-order valence-electron chi connectivity index (χ4n) is 7.25. The summed E-state index contributed by atoms with van der Waals surface area (Å²) in [4.78, 5) is 14.5. The number of aryl methyl sites for hydroxylation is 2. The summed E-state index contributed by atoms with van der Waals surface area (Å²) in [6, 6.07) is 10.5. The fourth-order valence-corrected chi connectivity index (χ4v) is 9.42. The molecule has 0 amide bonds. The van der Waals surface area contributed by atoms with Crippen LogP contribution in [0.2, 0.25) is 0 Å². The standard InChI is InChI=1S/C34H42F3N7O2S2/c1-21(43-13-9-28(10-14-43)48(4,45)46)19-44-26(18-38)15-29-22(2)24(5-6-31(29)44)20-42-11-7-25(8-12-42)41-32-30-16-27(17-34(35,36)37)47-33(30)40-23(3)39-32/h5-6,15-16,21,25,28H,7-14,17,19-20H2,1-4H3,(H,39,40,41)/t21-/m0/s1. The van der Waals surface area contributed by atoms with Crippen LogP contribution in [0.25, 0.3) is 21.1 Å². The number of aromatic nitrogens is 3. The molecule has 6 rings (SSSR count). The summed E-state index contributed by atoms with van der Waals surface area (Å²) in [5, 5.41) is 15.0. The lowest BCUT2D eigenvalue weighted by molar-refractivity contribution is -0.126. The van der Waals surface area contributed by atoms with E-state index < -0.39 is 22.4 Å². The van der Waals surface area contributed by atoms with Gasteiger partial charge in [0.1, 0.15) is 38.1 Å². The van der Waals surface area contributed by atoms with Gasteiger partial charge in [0.25, 0.3) is 0 Å². The quantitative estimate of drug-likeness (QED) is 0.220. The van der Waals surface area contributed by atoms with Crippen LogP contribution in [0.15, 0.2) is 24.3 Å². The second-order valence-corrected chi connectivity index (χ2v) is 16.9. The van der Waals surface area contributed by atoms with Crippen LogP contribution in [-0.2, 0) is 29.3 Å². The Hall–Kier alpha value is -3.25. The van der Waals surface area contributed by atoms with Crippen molar-refractivity contribution in [2.45, 2.75) is 89.5 Å². The van der Waals surface area contributed by atoms with Crippen LogP contribution in [0.5, 0.6) is 0 Å². The molecule has 2 aliphatic rings. The summed E-state index contributed by atoms with van der Waals surface area (Å²) in [5.74, 6) is 1.14. The number of halogens is 3. The van der Waals surface area contributed by atoms with Gasteiger partial charge in [0.05, 0.1) is 17.1 Å². The van der Waals surface area contributed by atoms with Gasteiger partial charge in [0.2, 0.25) is 0 Å². The third-order valence-corrected chi connectivity index (χ3v) is 12.7. The third kappa shape index (κ3) is 7.64. The van der Waals surface area contributed by atoms with E-state index in [1.54, 1.807) is 13.0 Å². The molecule has 1 aromatic carbocycles. The smallest absolute Gasteiger partial charge is 0.367 e. The molecule has 0 spiro atoms. The molecule has 0 saturated carbocycles. The summed E-state index contributed by atoms with van der Waals surface area (Å²) in [6.07, 6.45) is -0.880. The minimum absolute atomic E-state index is 0.152. The molecule has 2 saturated heterocycles. The molecule has 2 fully saturated rings. The molecule has 0 radical (unpaired) electrons. The van der Waals surface area contributed by atoms with Crippen LogP contribution in [0.3, 0.4) is 0 Å². The maximum atomic E-state index is 13.0. The molecule has 1 atom stereocenters. The van der Waals surface area contributed by atoms with Gasteiger partial charge < -0.3 is 9.88 Å². The second-order valence-electron chi connectivity index (χ2n) is 13.5. The first-order valence-electron chi connectivity index (χ1n) is 16.5. The maximum absolute atomic E-state index is 13.0. The summed E-state index contributed by atoms with van der Waals surface area (Å²) in [7, 11) is -3.03. The Morgan fingerprint density at radius 1 is 1.06 bits per heavy atom. The van der Waals surface area contributed by atoms with Gasteiger partial charge in [-0.05, 0) is 88.9 Å². The third-order valence-electron chi connectivity index (χ3n) is 9.99. The van der Waals surface area contributed by atoms with E-state index in [0.717, 1.165) is 73.4 Å². The minimum Gasteiger partial charge on any atom is -0.367 e. The van der Waals surface area contributed by atoms with Crippen LogP contribution < -0.4 is 5.32 Å². The van der Waals surface area contributed by atoms with Crippen molar-refractivity contribution in [1.29, 1.82) is 5.26 Å². The number of alkyl halides is 3. The largest absolute Gasteiger partial charge is 0.393 e. The molecule has 0 unspecified atom stereocenters. The van der Waals surface area contributed by atoms with Gasteiger partial charge in [-0.25, -0.2) is 18.4 Å². The van der Waals surface area contributed by atoms with Crippen molar-refractivity contribution >= 4 is 48.1 Å². The zero-order valence-corrected chi connectivity index (χ0v) is 29.4. The van der Waals surface area contributed by atoms with Crippen molar-refractivity contribution in [3.8, 4) is 6.07 Å². The molecule has 258 valence electrons. The van der Waals surface area contributed by atoms with E-state index in [-0.39, 0.29) is 22.2 Å². The zero-order valence-electron chi connectivity index (χ0n) is 27.8. The molecule has 3 aromatic heterocycles. The molecule has 48 heavy (non-hydrogen) atoms. The topological polar surface area (TPSA) is 107 Å². The Kier molecular flexibility index (Phi) is 9.79. The number of sulfone groups is 1. The van der Waals surface area contributed by atoms with Crippen LogP contribution in [0.1, 0.15) is 60.1 Å². The molecule has 0 aliphatic carbocycles. The first-order valence-corrected chi connectivity index (χ1v) is 19.2. The molecule has 1 N–H and O–H groups in total. The van der Waals surface area contributed by atoms with Crippen LogP contribution in [0.4, 0.5) is 19.0 Å². The second kappa shape index (κ2) is 13.6. The summed E-state index contributed by atoms with van der Waals surface area (Å²) >= 11 is 1.07. The number of hydrogen-bond donors (Lipinski definition) is 1. The lowest BCUT2D eigenvalue weighted by Crippen LogP contribution is -2.44. The number of thiophene rings is 1. The van der Waals surface area contributed by atoms with Gasteiger partial charge >= 0.3 is 6.18 Å². The first-order chi connectivity index (χ1) is 22.7. The van der Waals surface area contributed by atoms with Crippen molar-refractivity contribution in [3.63, 3.8) is 0 Å². The number of benzene rings is 1. The molecular weight excluding hydrogens is 660 g/mol. The van der Waals surface area contributed by atoms with Crippen molar-refractivity contribution in [3.05, 3.63) is 51.8 Å². The van der Waals surface area contributed by atoms with Crippen molar-refractivity contribution in [2.75, 3.05) is 37.8 Å². The number of nitriles is 1. The van der Waals surface area contributed by atoms with Crippen LogP contribution in [0, 0.1) is 25.2 Å². The maximum Gasteiger partial charge on any atom is 0.393 e. The van der Waals surface area contributed by atoms with Gasteiger partial charge in [-0.3, -0.25) is 9.80 Å². The molecular formula is C34H42F3N7O2S2. The lowest BCUT2D eigenvalue weighted by Gasteiger charge is -2.35. The Morgan fingerprint density at radius 2 is 1.77 bits per heavy atom. The summed E-state index contributed by atoms with van der Waals surface area (Å²) in [5.41, 5.74) is 4.04. The van der Waals surface area contributed by atoms with Gasteiger partial charge in [-0.1, -0.05) is 6.07 Å². The van der Waals surface area contributed by atoms with Crippen molar-refractivity contribution in [2.24, 2.45) is 0 Å². The Morgan fingerprint density at radius 3 is 2.42 bits per heavy atom. The zero-order chi connectivity index (χ0) is 34.4. The fraction of sp³-hybridized carbons (Fsp3) is 0.559. The van der Waals surface area contributed by atoms with Crippen LogP contribution in [-0.4, -0.2) is 88.7 Å². The number of fused-ring (bicyclic) bond motifs is 2. The van der Waals surface area contributed by atoms with Crippen molar-refractivity contribution < 1.29 is 21.6 Å². The molecule has 9 nitrogen and oxygen atoms in total. The number of nitrogens with one attached hydrogen (secondary N) is 1. The Balaban J connectivity index is 1.09. The number of rotatable bonds is 9. The number of anilines is 1. The number of hydrogen-bond acceptors (Lipinski definition) is 9. The van der Waals surface area contributed by atoms with Gasteiger partial charge in [-0.2, -0.15) is 18.4 Å². The van der Waals surface area contributed by atoms with E-state index >= 15 is 0 Å². The highest BCUT2D eigenvalue weighted by atomic mass is 32.2. The van der Waals surface area contributed by atoms with E-state index in [1.165, 1.54) is 11.8 Å². The molecule has 14 heteroatoms. The van der Waals surface area contributed by atoms with E-state index in [4.69, 9.17) is 0 Å². The van der Waals surface area contributed by atoms with Gasteiger partial charge in [-0.15, -0.1) is 11.3 Å². The molecule has 0 bridgehead atoms. The Labute approximate surface area is 283 Å². The van der Waals surface area contributed by atoms with Gasteiger partial charge in [0, 0.05) is 60.3 Å². The highest BCUT2D eigenvalue weighted by Crippen LogP contribution is 2.34. The average molecular weight is 702 g/mol. The van der Waals surface area contributed by atoms with E-state index in [1.807, 2.05) is 6.07 Å². The first kappa shape index (κ1) is 34.6. The molecule has 4 aromatic rings. The number of likely N-dealkylation sites (tertiary alicyclic amines) is 2. The van der Waals surface area contributed by atoms with E-state index in [2.05, 4.69) is 61.7 Å². The Bertz CT molecular complexity index is 1950. The van der Waals surface area contributed by atoms with Gasteiger partial charge in [0.15, 0.2) is 0 Å². The van der Waals surface area contributed by atoms with Crippen molar-refractivity contribution in [1.82, 2.24) is 24.3 Å². The van der Waals surface area contributed by atoms with Crippen LogP contribution >= 0.6 is 11.3 Å². The summed E-state index contributed by atoms with van der Waals surface area (Å²) < 4.78 is 65.2. The summed E-state index contributed by atoms with van der Waals surface area (Å²) in [6.45, 7) is 10.7. The lowest BCUT2D eigenvalue weighted by atomic mass is 10.0. The SMILES string of the molecule is Cc1nc(NC2CCN(Cc3ccc4c(cc(C#N)n4C[C@H](C)N4CCC(S(C)(=O)=O)CC4)c3C)CC2)c2cc(CC(F)(F)F)sc2n1. The monoisotopic (exact) mass is 701 g/mol. The number of nitrogens with zero attached hydrogens (tertiary/aromatic N) is 6. The highest BCUT2D eigenvalue weighted by molar-refractivity contribution is 7.91. The number of piperidine rings is 2. The predicted molar refractivity (Wildman–Crippen MR) is 184 cm³/mol. The predicted octanol–water partition coefficient (Wildman–Crippen LogP) is 6.21. The van der Waals surface area contributed by atoms with E-state index in [0.29, 0.717) is 46.9 Å². The average Bonchev–Trinajstić information content (AvgIpc) is 3.58. The normalized spacial score (nSPS) is 18.5. The highest BCUT2D eigenvalue weighted by Gasteiger charge is 2.31. The molecule has 2 aliphatic heterocycles.